The molecule has 1 aromatic heterocycles. The molecule has 0 saturated heterocycles. The molecule has 0 radical (unpaired) electrons. The van der Waals surface area contributed by atoms with Crippen molar-refractivity contribution in [2.45, 2.75) is 45.6 Å². The normalized spacial score (nSPS) is 26.0. The van der Waals surface area contributed by atoms with Gasteiger partial charge in [0.15, 0.2) is 0 Å². The van der Waals surface area contributed by atoms with Gasteiger partial charge in [-0.3, -0.25) is 4.98 Å². The van der Waals surface area contributed by atoms with Crippen molar-refractivity contribution >= 4 is 0 Å². The zero-order chi connectivity index (χ0) is 12.1. The molecule has 1 saturated carbocycles. The lowest BCUT2D eigenvalue weighted by Crippen LogP contribution is -2.37. The van der Waals surface area contributed by atoms with Crippen LogP contribution in [-0.4, -0.2) is 17.6 Å². The van der Waals surface area contributed by atoms with Crippen LogP contribution in [0.5, 0.6) is 0 Å². The van der Waals surface area contributed by atoms with E-state index in [1.54, 1.807) is 0 Å². The van der Waals surface area contributed by atoms with Gasteiger partial charge in [0.1, 0.15) is 0 Å². The number of pyridine rings is 1. The van der Waals surface area contributed by atoms with Gasteiger partial charge in [-0.25, -0.2) is 0 Å². The van der Waals surface area contributed by atoms with Crippen molar-refractivity contribution in [3.05, 3.63) is 30.1 Å². The molecular weight excluding hydrogens is 208 g/mol. The highest BCUT2D eigenvalue weighted by Gasteiger charge is 2.28. The first-order valence-corrected chi connectivity index (χ1v) is 6.92. The van der Waals surface area contributed by atoms with E-state index in [0.29, 0.717) is 6.04 Å². The molecule has 1 aromatic rings. The molecule has 0 bridgehead atoms. The molecule has 0 aromatic carbocycles. The molecule has 3 atom stereocenters. The molecule has 2 nitrogen and oxygen atoms in total. The lowest BCUT2D eigenvalue weighted by Gasteiger charge is -2.24. The molecule has 1 fully saturated rings. The SMILES string of the molecule is CCNC(Cc1cccnc1)C1CCC(C)C1. The van der Waals surface area contributed by atoms with Crippen molar-refractivity contribution in [3.8, 4) is 0 Å². The molecular formula is C15H24N2. The van der Waals surface area contributed by atoms with Gasteiger partial charge in [-0.15, -0.1) is 0 Å². The third-order valence-electron chi connectivity index (χ3n) is 3.95. The Hall–Kier alpha value is -0.890. The Kier molecular flexibility index (Phi) is 4.55. The predicted octanol–water partition coefficient (Wildman–Crippen LogP) is 3.04. The summed E-state index contributed by atoms with van der Waals surface area (Å²) in [5.74, 6) is 1.76. The van der Waals surface area contributed by atoms with Gasteiger partial charge in [0.25, 0.3) is 0 Å². The maximum Gasteiger partial charge on any atom is 0.0300 e. The van der Waals surface area contributed by atoms with E-state index in [2.05, 4.69) is 30.2 Å². The van der Waals surface area contributed by atoms with Gasteiger partial charge in [-0.1, -0.05) is 26.3 Å². The summed E-state index contributed by atoms with van der Waals surface area (Å²) in [6, 6.07) is 4.86. The first kappa shape index (κ1) is 12.6. The van der Waals surface area contributed by atoms with Gasteiger partial charge in [0.05, 0.1) is 0 Å². The summed E-state index contributed by atoms with van der Waals surface area (Å²) in [4.78, 5) is 4.21. The average Bonchev–Trinajstić information content (AvgIpc) is 2.77. The van der Waals surface area contributed by atoms with Crippen molar-refractivity contribution in [1.29, 1.82) is 0 Å². The van der Waals surface area contributed by atoms with E-state index in [4.69, 9.17) is 0 Å². The monoisotopic (exact) mass is 232 g/mol. The fraction of sp³-hybridized carbons (Fsp3) is 0.667. The minimum atomic E-state index is 0.633. The van der Waals surface area contributed by atoms with E-state index in [1.165, 1.54) is 24.8 Å². The number of hydrogen-bond acceptors (Lipinski definition) is 2. The number of nitrogens with zero attached hydrogens (tertiary/aromatic N) is 1. The Bertz CT molecular complexity index is 323. The average molecular weight is 232 g/mol. The Morgan fingerprint density at radius 2 is 2.35 bits per heavy atom. The third-order valence-corrected chi connectivity index (χ3v) is 3.95. The summed E-state index contributed by atoms with van der Waals surface area (Å²) in [5.41, 5.74) is 1.36. The highest BCUT2D eigenvalue weighted by atomic mass is 14.9. The maximum absolute atomic E-state index is 4.21. The van der Waals surface area contributed by atoms with Crippen molar-refractivity contribution in [2.24, 2.45) is 11.8 Å². The van der Waals surface area contributed by atoms with E-state index in [-0.39, 0.29) is 0 Å². The van der Waals surface area contributed by atoms with Crippen LogP contribution in [0.2, 0.25) is 0 Å². The highest BCUT2D eigenvalue weighted by molar-refractivity contribution is 5.11. The molecule has 2 rings (SSSR count). The van der Waals surface area contributed by atoms with E-state index in [0.717, 1.165) is 24.8 Å². The summed E-state index contributed by atoms with van der Waals surface area (Å²) in [6.07, 6.45) is 9.15. The van der Waals surface area contributed by atoms with E-state index < -0.39 is 0 Å². The van der Waals surface area contributed by atoms with Crippen LogP contribution in [0, 0.1) is 11.8 Å². The van der Waals surface area contributed by atoms with Crippen molar-refractivity contribution in [1.82, 2.24) is 10.3 Å². The van der Waals surface area contributed by atoms with Gasteiger partial charge in [0.2, 0.25) is 0 Å². The molecule has 0 aliphatic heterocycles. The fourth-order valence-corrected chi connectivity index (χ4v) is 3.06. The zero-order valence-corrected chi connectivity index (χ0v) is 11.0. The molecule has 1 heterocycles. The Morgan fingerprint density at radius 3 is 2.94 bits per heavy atom. The van der Waals surface area contributed by atoms with E-state index in [1.807, 2.05) is 18.5 Å². The van der Waals surface area contributed by atoms with Crippen LogP contribution in [0.3, 0.4) is 0 Å². The first-order chi connectivity index (χ1) is 8.29. The summed E-state index contributed by atoms with van der Waals surface area (Å²) in [6.45, 7) is 5.65. The Morgan fingerprint density at radius 1 is 1.47 bits per heavy atom. The van der Waals surface area contributed by atoms with Crippen LogP contribution in [0.4, 0.5) is 0 Å². The van der Waals surface area contributed by atoms with Gasteiger partial charge < -0.3 is 5.32 Å². The maximum atomic E-state index is 4.21. The summed E-state index contributed by atoms with van der Waals surface area (Å²) >= 11 is 0. The van der Waals surface area contributed by atoms with Crippen LogP contribution >= 0.6 is 0 Å². The second-order valence-electron chi connectivity index (χ2n) is 5.41. The van der Waals surface area contributed by atoms with Gasteiger partial charge in [0, 0.05) is 18.4 Å². The largest absolute Gasteiger partial charge is 0.314 e. The van der Waals surface area contributed by atoms with Crippen LogP contribution in [0.1, 0.15) is 38.7 Å². The van der Waals surface area contributed by atoms with Gasteiger partial charge >= 0.3 is 0 Å². The number of aromatic nitrogens is 1. The van der Waals surface area contributed by atoms with Crippen LogP contribution in [0.25, 0.3) is 0 Å². The van der Waals surface area contributed by atoms with Crippen molar-refractivity contribution < 1.29 is 0 Å². The van der Waals surface area contributed by atoms with Gasteiger partial charge in [-0.05, 0) is 49.3 Å². The number of nitrogens with one attached hydrogen (secondary N) is 1. The second-order valence-corrected chi connectivity index (χ2v) is 5.41. The molecule has 0 spiro atoms. The Balaban J connectivity index is 1.97. The summed E-state index contributed by atoms with van der Waals surface area (Å²) in [7, 11) is 0. The van der Waals surface area contributed by atoms with E-state index >= 15 is 0 Å². The number of likely N-dealkylation sites (N-methyl/N-ethyl adjacent to an activating group) is 1. The highest BCUT2D eigenvalue weighted by Crippen LogP contribution is 2.33. The molecule has 2 heteroatoms. The van der Waals surface area contributed by atoms with Gasteiger partial charge in [-0.2, -0.15) is 0 Å². The zero-order valence-electron chi connectivity index (χ0n) is 11.0. The number of rotatable bonds is 5. The topological polar surface area (TPSA) is 24.9 Å². The molecule has 3 unspecified atom stereocenters. The Labute approximate surface area is 105 Å². The first-order valence-electron chi connectivity index (χ1n) is 6.92. The summed E-state index contributed by atoms with van der Waals surface area (Å²) in [5, 5.41) is 3.67. The third kappa shape index (κ3) is 3.53. The predicted molar refractivity (Wildman–Crippen MR) is 71.9 cm³/mol. The quantitative estimate of drug-likeness (QED) is 0.844. The van der Waals surface area contributed by atoms with Crippen LogP contribution in [-0.2, 0) is 6.42 Å². The second kappa shape index (κ2) is 6.15. The standard InChI is InChI=1S/C15H24N2/c1-3-17-15(14-7-6-12(2)9-14)10-13-5-4-8-16-11-13/h4-5,8,11-12,14-15,17H,3,6-7,9-10H2,1-2H3. The van der Waals surface area contributed by atoms with E-state index in [9.17, 15) is 0 Å². The minimum Gasteiger partial charge on any atom is -0.314 e. The molecule has 94 valence electrons. The molecule has 1 N–H and O–H groups in total. The lowest BCUT2D eigenvalue weighted by atomic mass is 9.92. The van der Waals surface area contributed by atoms with Crippen molar-refractivity contribution in [3.63, 3.8) is 0 Å². The molecule has 1 aliphatic carbocycles. The lowest BCUT2D eigenvalue weighted by molar-refractivity contribution is 0.353. The fourth-order valence-electron chi connectivity index (χ4n) is 3.06. The smallest absolute Gasteiger partial charge is 0.0300 e. The molecule has 0 amide bonds. The van der Waals surface area contributed by atoms with Crippen LogP contribution < -0.4 is 5.32 Å². The van der Waals surface area contributed by atoms with Crippen LogP contribution in [0.15, 0.2) is 24.5 Å². The summed E-state index contributed by atoms with van der Waals surface area (Å²) < 4.78 is 0. The molecule has 1 aliphatic rings. The number of hydrogen-bond donors (Lipinski definition) is 1. The molecule has 17 heavy (non-hydrogen) atoms. The minimum absolute atomic E-state index is 0.633. The van der Waals surface area contributed by atoms with Crippen molar-refractivity contribution in [2.75, 3.05) is 6.54 Å².